The van der Waals surface area contributed by atoms with Crippen LogP contribution in [0.1, 0.15) is 13.3 Å². The molecule has 1 aliphatic heterocycles. The van der Waals surface area contributed by atoms with Crippen LogP contribution in [0.3, 0.4) is 0 Å². The highest BCUT2D eigenvalue weighted by Crippen LogP contribution is 2.30. The molecule has 104 valence electrons. The molecule has 0 bridgehead atoms. The molecule has 1 aromatic rings. The van der Waals surface area contributed by atoms with E-state index < -0.39 is 28.0 Å². The van der Waals surface area contributed by atoms with Crippen molar-refractivity contribution >= 4 is 31.9 Å². The first kappa shape index (κ1) is 14.5. The zero-order valence-corrected chi connectivity index (χ0v) is 12.7. The van der Waals surface area contributed by atoms with Crippen molar-refractivity contribution < 1.29 is 18.3 Å². The average Bonchev–Trinajstić information content (AvgIpc) is 2.72. The van der Waals surface area contributed by atoms with E-state index in [4.69, 9.17) is 5.11 Å². The quantitative estimate of drug-likeness (QED) is 0.906. The summed E-state index contributed by atoms with van der Waals surface area (Å²) in [5, 5.41) is 9.05. The molecule has 19 heavy (non-hydrogen) atoms. The molecule has 7 heteroatoms. The third-order valence-corrected chi connectivity index (χ3v) is 5.96. The summed E-state index contributed by atoms with van der Waals surface area (Å²) in [4.78, 5) is 11.2. The third-order valence-electron chi connectivity index (χ3n) is 3.43. The van der Waals surface area contributed by atoms with Gasteiger partial charge in [-0.3, -0.25) is 4.79 Å². The molecular formula is C12H14BrNO4S. The van der Waals surface area contributed by atoms with E-state index in [-0.39, 0.29) is 11.4 Å². The fourth-order valence-corrected chi connectivity index (χ4v) is 4.27. The first-order valence-corrected chi connectivity index (χ1v) is 8.07. The Hall–Kier alpha value is -0.920. The van der Waals surface area contributed by atoms with Crippen LogP contribution in [-0.4, -0.2) is 36.4 Å². The third kappa shape index (κ3) is 2.68. The van der Waals surface area contributed by atoms with E-state index in [1.54, 1.807) is 19.1 Å². The zero-order valence-electron chi connectivity index (χ0n) is 10.3. The van der Waals surface area contributed by atoms with Crippen LogP contribution in [0.15, 0.2) is 33.6 Å². The Morgan fingerprint density at radius 1 is 1.37 bits per heavy atom. The largest absolute Gasteiger partial charge is 0.481 e. The fraction of sp³-hybridized carbons (Fsp3) is 0.417. The van der Waals surface area contributed by atoms with Crippen LogP contribution in [0.5, 0.6) is 0 Å². The lowest BCUT2D eigenvalue weighted by Gasteiger charge is -2.22. The van der Waals surface area contributed by atoms with E-state index in [9.17, 15) is 13.2 Å². The second kappa shape index (κ2) is 5.22. The van der Waals surface area contributed by atoms with E-state index in [0.717, 1.165) is 4.47 Å². The van der Waals surface area contributed by atoms with Gasteiger partial charge in [-0.25, -0.2) is 8.42 Å². The number of benzene rings is 1. The van der Waals surface area contributed by atoms with Crippen molar-refractivity contribution in [3.05, 3.63) is 28.7 Å². The van der Waals surface area contributed by atoms with Crippen molar-refractivity contribution in [2.45, 2.75) is 24.3 Å². The molecule has 0 saturated carbocycles. The molecule has 1 fully saturated rings. The lowest BCUT2D eigenvalue weighted by molar-refractivity contribution is -0.142. The maximum absolute atomic E-state index is 12.4. The number of aliphatic carboxylic acids is 1. The average molecular weight is 348 g/mol. The number of nitrogens with zero attached hydrogens (tertiary/aromatic N) is 1. The summed E-state index contributed by atoms with van der Waals surface area (Å²) in [5.41, 5.74) is 0. The van der Waals surface area contributed by atoms with Gasteiger partial charge in [-0.05, 0) is 37.6 Å². The highest BCUT2D eigenvalue weighted by molar-refractivity contribution is 9.10. The molecule has 5 nitrogen and oxygen atoms in total. The van der Waals surface area contributed by atoms with Crippen LogP contribution in [0.4, 0.5) is 0 Å². The fourth-order valence-electron chi connectivity index (χ4n) is 2.32. The predicted octanol–water partition coefficient (Wildman–Crippen LogP) is 1.93. The van der Waals surface area contributed by atoms with Crippen LogP contribution in [-0.2, 0) is 14.8 Å². The number of rotatable bonds is 3. The Labute approximate surface area is 120 Å². The molecule has 0 aromatic heterocycles. The van der Waals surface area contributed by atoms with Crippen molar-refractivity contribution in [2.24, 2.45) is 5.92 Å². The minimum atomic E-state index is -3.62. The molecule has 2 rings (SSSR count). The molecule has 2 unspecified atom stereocenters. The molecule has 0 amide bonds. The molecule has 2 atom stereocenters. The summed E-state index contributed by atoms with van der Waals surface area (Å²) in [5.74, 6) is -1.58. The van der Waals surface area contributed by atoms with Gasteiger partial charge in [0.05, 0.1) is 10.8 Å². The summed E-state index contributed by atoms with van der Waals surface area (Å²) in [6.45, 7) is 1.89. The van der Waals surface area contributed by atoms with Gasteiger partial charge in [-0.1, -0.05) is 15.9 Å². The highest BCUT2D eigenvalue weighted by atomic mass is 79.9. The molecule has 0 spiro atoms. The van der Waals surface area contributed by atoms with Gasteiger partial charge in [0, 0.05) is 17.1 Å². The second-order valence-electron chi connectivity index (χ2n) is 4.54. The summed E-state index contributed by atoms with van der Waals surface area (Å²) in [7, 11) is -3.62. The molecule has 1 saturated heterocycles. The van der Waals surface area contributed by atoms with Gasteiger partial charge in [0.25, 0.3) is 0 Å². The molecule has 1 N–H and O–H groups in total. The topological polar surface area (TPSA) is 74.7 Å². The van der Waals surface area contributed by atoms with Gasteiger partial charge in [-0.2, -0.15) is 4.31 Å². The van der Waals surface area contributed by atoms with Crippen LogP contribution >= 0.6 is 15.9 Å². The summed E-state index contributed by atoms with van der Waals surface area (Å²) in [6.07, 6.45) is 0.353. The first-order chi connectivity index (χ1) is 8.84. The van der Waals surface area contributed by atoms with E-state index >= 15 is 0 Å². The smallest absolute Gasteiger partial charge is 0.308 e. The van der Waals surface area contributed by atoms with Crippen molar-refractivity contribution in [3.8, 4) is 0 Å². The number of carboxylic acids is 1. The Morgan fingerprint density at radius 2 is 1.95 bits per heavy atom. The maximum Gasteiger partial charge on any atom is 0.308 e. The predicted molar refractivity (Wildman–Crippen MR) is 73.2 cm³/mol. The highest BCUT2D eigenvalue weighted by Gasteiger charge is 2.42. The molecule has 1 heterocycles. The van der Waals surface area contributed by atoms with Gasteiger partial charge in [0.15, 0.2) is 0 Å². The summed E-state index contributed by atoms with van der Waals surface area (Å²) >= 11 is 3.25. The lowest BCUT2D eigenvalue weighted by atomic mass is 10.0. The van der Waals surface area contributed by atoms with Crippen molar-refractivity contribution in [1.82, 2.24) is 4.31 Å². The number of carbonyl (C=O) groups is 1. The monoisotopic (exact) mass is 347 g/mol. The number of carboxylic acid groups (broad SMARTS) is 1. The van der Waals surface area contributed by atoms with Crippen molar-refractivity contribution in [3.63, 3.8) is 0 Å². The van der Waals surface area contributed by atoms with Crippen molar-refractivity contribution in [1.29, 1.82) is 0 Å². The number of hydrogen-bond donors (Lipinski definition) is 1. The first-order valence-electron chi connectivity index (χ1n) is 5.84. The van der Waals surface area contributed by atoms with Gasteiger partial charge < -0.3 is 5.11 Å². The minimum absolute atomic E-state index is 0.189. The molecular weight excluding hydrogens is 334 g/mol. The minimum Gasteiger partial charge on any atom is -0.481 e. The van der Waals surface area contributed by atoms with Gasteiger partial charge in [-0.15, -0.1) is 0 Å². The standard InChI is InChI=1S/C12H14BrNO4S/c1-8-11(12(15)16)6-7-14(8)19(17,18)10-4-2-9(13)3-5-10/h2-5,8,11H,6-7H2,1H3,(H,15,16). The SMILES string of the molecule is CC1C(C(=O)O)CCN1S(=O)(=O)c1ccc(Br)cc1. The van der Waals surface area contributed by atoms with E-state index in [1.165, 1.54) is 16.4 Å². The summed E-state index contributed by atoms with van der Waals surface area (Å²) in [6, 6.07) is 5.82. The lowest BCUT2D eigenvalue weighted by Crippen LogP contribution is -2.37. The molecule has 1 aromatic carbocycles. The second-order valence-corrected chi connectivity index (χ2v) is 7.35. The Kier molecular flexibility index (Phi) is 3.98. The van der Waals surface area contributed by atoms with E-state index in [1.807, 2.05) is 0 Å². The Balaban J connectivity index is 2.31. The van der Waals surface area contributed by atoms with E-state index in [0.29, 0.717) is 6.42 Å². The number of sulfonamides is 1. The van der Waals surface area contributed by atoms with Crippen LogP contribution in [0, 0.1) is 5.92 Å². The van der Waals surface area contributed by atoms with Crippen molar-refractivity contribution in [2.75, 3.05) is 6.54 Å². The van der Waals surface area contributed by atoms with E-state index in [2.05, 4.69) is 15.9 Å². The molecule has 0 radical (unpaired) electrons. The van der Waals surface area contributed by atoms with Gasteiger partial charge in [0.2, 0.25) is 10.0 Å². The van der Waals surface area contributed by atoms with Gasteiger partial charge >= 0.3 is 5.97 Å². The normalized spacial score (nSPS) is 24.5. The van der Waals surface area contributed by atoms with Crippen LogP contribution in [0.25, 0.3) is 0 Å². The maximum atomic E-state index is 12.4. The summed E-state index contributed by atoms with van der Waals surface area (Å²) < 4.78 is 27.0. The molecule has 1 aliphatic rings. The zero-order chi connectivity index (χ0) is 14.2. The van der Waals surface area contributed by atoms with Crippen LogP contribution < -0.4 is 0 Å². The number of halogens is 1. The number of hydrogen-bond acceptors (Lipinski definition) is 3. The Bertz CT molecular complexity index is 584. The molecule has 0 aliphatic carbocycles. The van der Waals surface area contributed by atoms with Gasteiger partial charge in [0.1, 0.15) is 0 Å². The van der Waals surface area contributed by atoms with Crippen LogP contribution in [0.2, 0.25) is 0 Å². The Morgan fingerprint density at radius 3 is 2.42 bits per heavy atom.